The zero-order valence-corrected chi connectivity index (χ0v) is 13.8. The van der Waals surface area contributed by atoms with Gasteiger partial charge >= 0.3 is 0 Å². The molecule has 1 aromatic heterocycles. The normalized spacial score (nSPS) is 13.8. The van der Waals surface area contributed by atoms with Crippen LogP contribution in [0.2, 0.25) is 0 Å². The Balaban J connectivity index is 3.09. The van der Waals surface area contributed by atoms with Crippen LogP contribution >= 0.6 is 0 Å². The van der Waals surface area contributed by atoms with Crippen LogP contribution in [-0.4, -0.2) is 15.3 Å². The van der Waals surface area contributed by atoms with Crippen molar-refractivity contribution in [3.8, 4) is 0 Å². The molecule has 3 heteroatoms. The molecule has 0 saturated carbocycles. The number of nitrogens with zero attached hydrogens (tertiary/aromatic N) is 2. The number of rotatable bonds is 6. The maximum absolute atomic E-state index is 4.85. The van der Waals surface area contributed by atoms with Crippen LogP contribution in [0.4, 0.5) is 0 Å². The average Bonchev–Trinajstić information content (AvgIpc) is 2.72. The van der Waals surface area contributed by atoms with Gasteiger partial charge in [-0.3, -0.25) is 4.68 Å². The van der Waals surface area contributed by atoms with Crippen molar-refractivity contribution in [3.63, 3.8) is 0 Å². The molecule has 0 aliphatic carbocycles. The lowest BCUT2D eigenvalue weighted by molar-refractivity contribution is 0.421. The summed E-state index contributed by atoms with van der Waals surface area (Å²) in [7, 11) is 0. The fourth-order valence-electron chi connectivity index (χ4n) is 2.31. The second kappa shape index (κ2) is 6.56. The molecule has 19 heavy (non-hydrogen) atoms. The Kier molecular flexibility index (Phi) is 5.60. The maximum atomic E-state index is 4.85. The molecule has 1 N–H and O–H groups in total. The molecule has 0 amide bonds. The highest BCUT2D eigenvalue weighted by Crippen LogP contribution is 2.22. The molecule has 0 saturated heterocycles. The van der Waals surface area contributed by atoms with Crippen LogP contribution in [0.5, 0.6) is 0 Å². The van der Waals surface area contributed by atoms with E-state index in [4.69, 9.17) is 5.10 Å². The van der Waals surface area contributed by atoms with Crippen LogP contribution in [0.1, 0.15) is 77.9 Å². The minimum Gasteiger partial charge on any atom is -0.308 e. The lowest BCUT2D eigenvalue weighted by Crippen LogP contribution is -2.35. The molecule has 3 nitrogen and oxygen atoms in total. The zero-order valence-electron chi connectivity index (χ0n) is 13.8. The quantitative estimate of drug-likeness (QED) is 0.846. The summed E-state index contributed by atoms with van der Waals surface area (Å²) in [4.78, 5) is 0. The third kappa shape index (κ3) is 4.07. The third-order valence-electron chi connectivity index (χ3n) is 3.68. The van der Waals surface area contributed by atoms with Crippen LogP contribution < -0.4 is 5.32 Å². The van der Waals surface area contributed by atoms with Crippen LogP contribution in [0.25, 0.3) is 0 Å². The van der Waals surface area contributed by atoms with Gasteiger partial charge in [0, 0.05) is 29.4 Å². The molecule has 0 aliphatic rings. The Morgan fingerprint density at radius 1 is 1.16 bits per heavy atom. The molecule has 1 rings (SSSR count). The average molecular weight is 265 g/mol. The van der Waals surface area contributed by atoms with Gasteiger partial charge in [0.05, 0.1) is 5.69 Å². The van der Waals surface area contributed by atoms with Crippen molar-refractivity contribution < 1.29 is 0 Å². The van der Waals surface area contributed by atoms with Crippen molar-refractivity contribution in [3.05, 3.63) is 17.0 Å². The molecule has 0 radical (unpaired) electrons. The molecule has 0 aliphatic heterocycles. The summed E-state index contributed by atoms with van der Waals surface area (Å²) >= 11 is 0. The van der Waals surface area contributed by atoms with E-state index >= 15 is 0 Å². The fraction of sp³-hybridized carbons (Fsp3) is 0.812. The monoisotopic (exact) mass is 265 g/mol. The van der Waals surface area contributed by atoms with Gasteiger partial charge in [0.2, 0.25) is 0 Å². The summed E-state index contributed by atoms with van der Waals surface area (Å²) in [6, 6.07) is 0.489. The van der Waals surface area contributed by atoms with Crippen LogP contribution in [-0.2, 0) is 19.4 Å². The summed E-state index contributed by atoms with van der Waals surface area (Å²) in [6.07, 6.45) is 3.19. The second-order valence-corrected chi connectivity index (χ2v) is 6.38. The summed E-state index contributed by atoms with van der Waals surface area (Å²) in [5, 5.41) is 8.45. The molecule has 0 spiro atoms. The summed E-state index contributed by atoms with van der Waals surface area (Å²) in [5.41, 5.74) is 4.23. The first kappa shape index (κ1) is 16.2. The van der Waals surface area contributed by atoms with Gasteiger partial charge in [0.1, 0.15) is 0 Å². The summed E-state index contributed by atoms with van der Waals surface area (Å²) in [6.45, 7) is 16.5. The third-order valence-corrected chi connectivity index (χ3v) is 3.68. The van der Waals surface area contributed by atoms with Crippen molar-refractivity contribution in [2.45, 2.75) is 85.9 Å². The molecular weight excluding hydrogens is 234 g/mol. The first-order valence-electron chi connectivity index (χ1n) is 7.68. The molecule has 1 unspecified atom stereocenters. The SMILES string of the molecule is CCc1nn(C(C)CC)c(CC)c1CNC(C)(C)C. The Morgan fingerprint density at radius 3 is 2.21 bits per heavy atom. The van der Waals surface area contributed by atoms with Crippen molar-refractivity contribution in [1.82, 2.24) is 15.1 Å². The van der Waals surface area contributed by atoms with Gasteiger partial charge in [-0.05, 0) is 47.0 Å². The van der Waals surface area contributed by atoms with E-state index < -0.39 is 0 Å². The highest BCUT2D eigenvalue weighted by Gasteiger charge is 2.19. The molecule has 0 bridgehead atoms. The van der Waals surface area contributed by atoms with Gasteiger partial charge in [0.25, 0.3) is 0 Å². The van der Waals surface area contributed by atoms with E-state index in [9.17, 15) is 0 Å². The minimum absolute atomic E-state index is 0.147. The first-order chi connectivity index (χ1) is 8.84. The standard InChI is InChI=1S/C16H31N3/c1-8-12(4)19-15(10-3)13(14(9-2)18-19)11-17-16(5,6)7/h12,17H,8-11H2,1-7H3. The fourth-order valence-corrected chi connectivity index (χ4v) is 2.31. The Bertz CT molecular complexity index is 399. The molecular formula is C16H31N3. The van der Waals surface area contributed by atoms with Crippen molar-refractivity contribution >= 4 is 0 Å². The molecule has 0 aromatic carbocycles. The van der Waals surface area contributed by atoms with Gasteiger partial charge in [-0.15, -0.1) is 0 Å². The Hall–Kier alpha value is -0.830. The molecule has 1 heterocycles. The van der Waals surface area contributed by atoms with E-state index in [1.807, 2.05) is 0 Å². The predicted octanol–water partition coefficient (Wildman–Crippen LogP) is 3.87. The van der Waals surface area contributed by atoms with Gasteiger partial charge in [0.15, 0.2) is 0 Å². The van der Waals surface area contributed by atoms with Gasteiger partial charge < -0.3 is 5.32 Å². The van der Waals surface area contributed by atoms with Gasteiger partial charge in [-0.2, -0.15) is 5.10 Å². The number of hydrogen-bond donors (Lipinski definition) is 1. The molecule has 1 aromatic rings. The highest BCUT2D eigenvalue weighted by atomic mass is 15.3. The largest absolute Gasteiger partial charge is 0.308 e. The summed E-state index contributed by atoms with van der Waals surface area (Å²) < 4.78 is 2.25. The predicted molar refractivity (Wildman–Crippen MR) is 82.6 cm³/mol. The van der Waals surface area contributed by atoms with E-state index in [0.717, 1.165) is 25.8 Å². The molecule has 0 fully saturated rings. The van der Waals surface area contributed by atoms with Gasteiger partial charge in [-0.25, -0.2) is 0 Å². The Morgan fingerprint density at radius 2 is 1.79 bits per heavy atom. The maximum Gasteiger partial charge on any atom is 0.0669 e. The summed E-state index contributed by atoms with van der Waals surface area (Å²) in [5.74, 6) is 0. The number of nitrogens with one attached hydrogen (secondary N) is 1. The van der Waals surface area contributed by atoms with E-state index in [0.29, 0.717) is 6.04 Å². The number of aromatic nitrogens is 2. The van der Waals surface area contributed by atoms with Crippen LogP contribution in [0, 0.1) is 0 Å². The van der Waals surface area contributed by atoms with Crippen LogP contribution in [0.15, 0.2) is 0 Å². The Labute approximate surface area is 118 Å². The second-order valence-electron chi connectivity index (χ2n) is 6.38. The van der Waals surface area contributed by atoms with E-state index in [-0.39, 0.29) is 5.54 Å². The van der Waals surface area contributed by atoms with Crippen molar-refractivity contribution in [2.75, 3.05) is 0 Å². The molecule has 1 atom stereocenters. The highest BCUT2D eigenvalue weighted by molar-refractivity contribution is 5.27. The van der Waals surface area contributed by atoms with Crippen LogP contribution in [0.3, 0.4) is 0 Å². The topological polar surface area (TPSA) is 29.9 Å². The number of aryl methyl sites for hydroxylation is 1. The van der Waals surface area contributed by atoms with E-state index in [1.54, 1.807) is 0 Å². The zero-order chi connectivity index (χ0) is 14.6. The molecule has 110 valence electrons. The van der Waals surface area contributed by atoms with E-state index in [2.05, 4.69) is 58.5 Å². The van der Waals surface area contributed by atoms with Crippen molar-refractivity contribution in [1.29, 1.82) is 0 Å². The minimum atomic E-state index is 0.147. The first-order valence-corrected chi connectivity index (χ1v) is 7.68. The smallest absolute Gasteiger partial charge is 0.0669 e. The van der Waals surface area contributed by atoms with Crippen molar-refractivity contribution in [2.24, 2.45) is 0 Å². The van der Waals surface area contributed by atoms with Gasteiger partial charge in [-0.1, -0.05) is 20.8 Å². The number of hydrogen-bond acceptors (Lipinski definition) is 2. The lowest BCUT2D eigenvalue weighted by atomic mass is 10.1. The van der Waals surface area contributed by atoms with E-state index in [1.165, 1.54) is 17.0 Å². The lowest BCUT2D eigenvalue weighted by Gasteiger charge is -2.21.